The van der Waals surface area contributed by atoms with Crippen LogP contribution in [0, 0.1) is 5.92 Å². The molecule has 1 fully saturated rings. The number of nitrogens with one attached hydrogen (secondary N) is 1. The number of carbonyl (C=O) groups excluding carboxylic acids is 1. The van der Waals surface area contributed by atoms with Gasteiger partial charge in [0.1, 0.15) is 6.04 Å². The molecule has 1 aromatic rings. The van der Waals surface area contributed by atoms with E-state index in [9.17, 15) is 18.0 Å². The van der Waals surface area contributed by atoms with Crippen molar-refractivity contribution in [1.82, 2.24) is 5.32 Å². The summed E-state index contributed by atoms with van der Waals surface area (Å²) in [7, 11) is 0. The minimum Gasteiger partial charge on any atom is -0.351 e. The van der Waals surface area contributed by atoms with Crippen LogP contribution in [0.2, 0.25) is 0 Å². The largest absolute Gasteiger partial charge is 0.393 e. The Morgan fingerprint density at radius 1 is 1.40 bits per heavy atom. The van der Waals surface area contributed by atoms with Crippen LogP contribution in [0.25, 0.3) is 0 Å². The Morgan fingerprint density at radius 3 is 2.70 bits per heavy atom. The molecule has 112 valence electrons. The maximum atomic E-state index is 12.9. The van der Waals surface area contributed by atoms with E-state index in [4.69, 9.17) is 5.73 Å². The fraction of sp³-hybridized carbons (Fsp3) is 0.615. The molecule has 3 atom stereocenters. The predicted molar refractivity (Wildman–Crippen MR) is 71.2 cm³/mol. The van der Waals surface area contributed by atoms with E-state index >= 15 is 0 Å². The van der Waals surface area contributed by atoms with Gasteiger partial charge in [-0.15, -0.1) is 11.3 Å². The number of thiophene rings is 1. The highest BCUT2D eigenvalue weighted by molar-refractivity contribution is 7.10. The molecule has 0 aliphatic heterocycles. The number of rotatable bonds is 3. The molecule has 1 saturated carbocycles. The van der Waals surface area contributed by atoms with Gasteiger partial charge in [-0.3, -0.25) is 4.79 Å². The van der Waals surface area contributed by atoms with E-state index < -0.39 is 30.1 Å². The molecule has 0 aromatic carbocycles. The average Bonchev–Trinajstić information content (AvgIpc) is 2.91. The SMILES string of the molecule is NC(C(=O)NC1CCCCC1C(F)(F)F)c1cccs1. The Kier molecular flexibility index (Phi) is 4.70. The highest BCUT2D eigenvalue weighted by Crippen LogP contribution is 2.37. The molecule has 1 aromatic heterocycles. The second-order valence-electron chi connectivity index (χ2n) is 5.04. The summed E-state index contributed by atoms with van der Waals surface area (Å²) in [6.07, 6.45) is -2.60. The Morgan fingerprint density at radius 2 is 2.10 bits per heavy atom. The van der Waals surface area contributed by atoms with Crippen LogP contribution >= 0.6 is 11.3 Å². The third-order valence-corrected chi connectivity index (χ3v) is 4.60. The molecule has 0 saturated heterocycles. The summed E-state index contributed by atoms with van der Waals surface area (Å²) in [5, 5.41) is 4.27. The molecule has 3 unspecified atom stereocenters. The number of nitrogens with two attached hydrogens (primary N) is 1. The molecule has 1 aliphatic rings. The van der Waals surface area contributed by atoms with Gasteiger partial charge in [0, 0.05) is 10.9 Å². The van der Waals surface area contributed by atoms with Gasteiger partial charge < -0.3 is 11.1 Å². The Hall–Kier alpha value is -1.08. The maximum absolute atomic E-state index is 12.9. The topological polar surface area (TPSA) is 55.1 Å². The number of hydrogen-bond acceptors (Lipinski definition) is 3. The van der Waals surface area contributed by atoms with E-state index in [2.05, 4.69) is 5.32 Å². The molecule has 0 radical (unpaired) electrons. The van der Waals surface area contributed by atoms with Crippen molar-refractivity contribution in [2.75, 3.05) is 0 Å². The van der Waals surface area contributed by atoms with Crippen LogP contribution in [0.5, 0.6) is 0 Å². The second-order valence-corrected chi connectivity index (χ2v) is 6.02. The molecule has 1 heterocycles. The summed E-state index contributed by atoms with van der Waals surface area (Å²) < 4.78 is 38.8. The zero-order chi connectivity index (χ0) is 14.8. The normalized spacial score (nSPS) is 25.2. The van der Waals surface area contributed by atoms with Crippen LogP contribution in [0.4, 0.5) is 13.2 Å². The lowest BCUT2D eigenvalue weighted by molar-refractivity contribution is -0.189. The summed E-state index contributed by atoms with van der Waals surface area (Å²) in [5.74, 6) is -2.00. The Bertz CT molecular complexity index is 447. The van der Waals surface area contributed by atoms with E-state index in [0.29, 0.717) is 24.1 Å². The van der Waals surface area contributed by atoms with Crippen LogP contribution in [0.1, 0.15) is 36.6 Å². The van der Waals surface area contributed by atoms with Crippen molar-refractivity contribution in [3.8, 4) is 0 Å². The Labute approximate surface area is 119 Å². The van der Waals surface area contributed by atoms with Crippen LogP contribution in [-0.2, 0) is 4.79 Å². The van der Waals surface area contributed by atoms with Crippen LogP contribution in [0.15, 0.2) is 17.5 Å². The number of carbonyl (C=O) groups is 1. The second kappa shape index (κ2) is 6.13. The molecule has 7 heteroatoms. The van der Waals surface area contributed by atoms with E-state index in [1.54, 1.807) is 17.5 Å². The van der Waals surface area contributed by atoms with Gasteiger partial charge in [0.15, 0.2) is 0 Å². The smallest absolute Gasteiger partial charge is 0.351 e. The monoisotopic (exact) mass is 306 g/mol. The highest BCUT2D eigenvalue weighted by atomic mass is 32.1. The summed E-state index contributed by atoms with van der Waals surface area (Å²) in [4.78, 5) is 12.6. The van der Waals surface area contributed by atoms with Crippen LogP contribution in [-0.4, -0.2) is 18.1 Å². The molecule has 0 spiro atoms. The molecular weight excluding hydrogens is 289 g/mol. The van der Waals surface area contributed by atoms with E-state index in [0.717, 1.165) is 0 Å². The molecule has 0 bridgehead atoms. The maximum Gasteiger partial charge on any atom is 0.393 e. The number of halogens is 3. The first-order valence-electron chi connectivity index (χ1n) is 6.55. The van der Waals surface area contributed by atoms with Crippen molar-refractivity contribution in [3.63, 3.8) is 0 Å². The van der Waals surface area contributed by atoms with Crippen molar-refractivity contribution in [1.29, 1.82) is 0 Å². The number of alkyl halides is 3. The van der Waals surface area contributed by atoms with Gasteiger partial charge in [0.2, 0.25) is 5.91 Å². The summed E-state index contributed by atoms with van der Waals surface area (Å²) >= 11 is 1.32. The van der Waals surface area contributed by atoms with Gasteiger partial charge in [-0.2, -0.15) is 13.2 Å². The minimum absolute atomic E-state index is 0.0721. The lowest BCUT2D eigenvalue weighted by atomic mass is 9.84. The van der Waals surface area contributed by atoms with Crippen molar-refractivity contribution in [3.05, 3.63) is 22.4 Å². The van der Waals surface area contributed by atoms with Crippen molar-refractivity contribution >= 4 is 17.2 Å². The fourth-order valence-corrected chi connectivity index (χ4v) is 3.29. The van der Waals surface area contributed by atoms with Gasteiger partial charge in [-0.25, -0.2) is 0 Å². The first-order chi connectivity index (χ1) is 9.39. The molecular formula is C13H17F3N2OS. The van der Waals surface area contributed by atoms with Crippen LogP contribution < -0.4 is 11.1 Å². The molecule has 1 aliphatic carbocycles. The average molecular weight is 306 g/mol. The standard InChI is InChI=1S/C13H17F3N2OS/c14-13(15,16)8-4-1-2-5-9(8)18-12(19)11(17)10-6-3-7-20-10/h3,6-9,11H,1-2,4-5,17H2,(H,18,19). The third kappa shape index (κ3) is 3.52. The van der Waals surface area contributed by atoms with Gasteiger partial charge >= 0.3 is 6.18 Å². The zero-order valence-corrected chi connectivity index (χ0v) is 11.6. The van der Waals surface area contributed by atoms with E-state index in [1.165, 1.54) is 11.3 Å². The molecule has 3 nitrogen and oxygen atoms in total. The van der Waals surface area contributed by atoms with Crippen molar-refractivity contribution in [2.24, 2.45) is 11.7 Å². The van der Waals surface area contributed by atoms with Gasteiger partial charge in [0.05, 0.1) is 5.92 Å². The first kappa shape index (κ1) is 15.3. The number of hydrogen-bond donors (Lipinski definition) is 2. The van der Waals surface area contributed by atoms with Crippen molar-refractivity contribution < 1.29 is 18.0 Å². The van der Waals surface area contributed by atoms with Crippen LogP contribution in [0.3, 0.4) is 0 Å². The zero-order valence-electron chi connectivity index (χ0n) is 10.8. The number of amides is 1. The van der Waals surface area contributed by atoms with Gasteiger partial charge in [0.25, 0.3) is 0 Å². The summed E-state index contributed by atoms with van der Waals surface area (Å²) in [5.41, 5.74) is 5.77. The lowest BCUT2D eigenvalue weighted by Crippen LogP contribution is -2.49. The molecule has 3 N–H and O–H groups in total. The lowest BCUT2D eigenvalue weighted by Gasteiger charge is -2.34. The Balaban J connectivity index is 2.02. The summed E-state index contributed by atoms with van der Waals surface area (Å²) in [6, 6.07) is 1.71. The molecule has 2 rings (SSSR count). The fourth-order valence-electron chi connectivity index (χ4n) is 2.57. The van der Waals surface area contributed by atoms with Crippen molar-refractivity contribution in [2.45, 2.75) is 43.9 Å². The predicted octanol–water partition coefficient (Wildman–Crippen LogP) is 2.99. The molecule has 1 amide bonds. The first-order valence-corrected chi connectivity index (χ1v) is 7.43. The summed E-state index contributed by atoms with van der Waals surface area (Å²) in [6.45, 7) is 0. The quantitative estimate of drug-likeness (QED) is 0.902. The van der Waals surface area contributed by atoms with E-state index in [1.807, 2.05) is 0 Å². The van der Waals surface area contributed by atoms with Gasteiger partial charge in [-0.05, 0) is 24.3 Å². The molecule has 20 heavy (non-hydrogen) atoms. The van der Waals surface area contributed by atoms with Gasteiger partial charge in [-0.1, -0.05) is 18.9 Å². The highest BCUT2D eigenvalue weighted by Gasteiger charge is 2.46. The minimum atomic E-state index is -4.27. The third-order valence-electron chi connectivity index (χ3n) is 3.65. The van der Waals surface area contributed by atoms with E-state index in [-0.39, 0.29) is 6.42 Å².